The Morgan fingerprint density at radius 1 is 0.667 bits per heavy atom. The van der Waals surface area contributed by atoms with Crippen LogP contribution in [0.4, 0.5) is 11.4 Å². The second kappa shape index (κ2) is 7.51. The predicted molar refractivity (Wildman–Crippen MR) is 133 cm³/mol. The predicted octanol–water partition coefficient (Wildman–Crippen LogP) is 6.19. The summed E-state index contributed by atoms with van der Waals surface area (Å²) >= 11 is 1.53. The van der Waals surface area contributed by atoms with Crippen LogP contribution in [0.3, 0.4) is 0 Å². The Kier molecular flexibility index (Phi) is 4.57. The average Bonchev–Trinajstić information content (AvgIpc) is 3.37. The molecule has 162 valence electrons. The number of amides is 1. The van der Waals surface area contributed by atoms with Crippen molar-refractivity contribution in [2.45, 2.75) is 16.9 Å². The summed E-state index contributed by atoms with van der Waals surface area (Å²) in [7, 11) is 0. The molecule has 2 bridgehead atoms. The quantitative estimate of drug-likeness (QED) is 0.371. The van der Waals surface area contributed by atoms with Gasteiger partial charge in [-0.05, 0) is 36.8 Å². The minimum Gasteiger partial charge on any atom is -0.270 e. The summed E-state index contributed by atoms with van der Waals surface area (Å²) in [5, 5.41) is 0.756. The molecule has 2 saturated heterocycles. The van der Waals surface area contributed by atoms with E-state index in [9.17, 15) is 4.79 Å². The maximum absolute atomic E-state index is 14.5. The highest BCUT2D eigenvalue weighted by atomic mass is 32.2. The van der Waals surface area contributed by atoms with Crippen molar-refractivity contribution in [2.75, 3.05) is 9.96 Å². The molecule has 2 unspecified atom stereocenters. The zero-order chi connectivity index (χ0) is 22.5. The third kappa shape index (κ3) is 2.86. The number of rotatable bonds is 4. The maximum Gasteiger partial charge on any atom is 0.274 e. The lowest BCUT2D eigenvalue weighted by Gasteiger charge is -2.43. The first kappa shape index (κ1) is 20.1. The third-order valence-corrected chi connectivity index (χ3v) is 7.80. The van der Waals surface area contributed by atoms with E-state index >= 15 is 0 Å². The molecule has 4 aromatic rings. The van der Waals surface area contributed by atoms with Crippen LogP contribution in [-0.2, 0) is 19.6 Å². The Hall–Kier alpha value is -3.54. The fourth-order valence-corrected chi connectivity index (χ4v) is 6.29. The Morgan fingerprint density at radius 3 is 1.82 bits per heavy atom. The number of aryl methyl sites for hydroxylation is 1. The molecular weight excluding hydrogens is 428 g/mol. The normalized spacial score (nSPS) is 23.8. The topological polar surface area (TPSA) is 32.8 Å². The highest BCUT2D eigenvalue weighted by Gasteiger charge is 2.73. The van der Waals surface area contributed by atoms with Crippen LogP contribution in [0.5, 0.6) is 0 Å². The lowest BCUT2D eigenvalue weighted by Crippen LogP contribution is -2.58. The van der Waals surface area contributed by atoms with Crippen molar-refractivity contribution in [3.63, 3.8) is 0 Å². The third-order valence-electron chi connectivity index (χ3n) is 6.16. The van der Waals surface area contributed by atoms with Crippen molar-refractivity contribution in [3.8, 4) is 0 Å². The summed E-state index contributed by atoms with van der Waals surface area (Å²) in [5.74, 6) is -0.0264. The lowest BCUT2D eigenvalue weighted by molar-refractivity contribution is -0.133. The fourth-order valence-electron chi connectivity index (χ4n) is 4.58. The van der Waals surface area contributed by atoms with Gasteiger partial charge < -0.3 is 0 Å². The number of para-hydroxylation sites is 1. The van der Waals surface area contributed by atoms with Gasteiger partial charge in [0.15, 0.2) is 0 Å². The van der Waals surface area contributed by atoms with E-state index in [-0.39, 0.29) is 5.91 Å². The molecule has 0 saturated carbocycles. The number of hydroxylamine groups is 1. The molecule has 2 heterocycles. The second-order valence-corrected chi connectivity index (χ2v) is 9.61. The van der Waals surface area contributed by atoms with Gasteiger partial charge in [0.05, 0.1) is 5.69 Å². The van der Waals surface area contributed by atoms with Gasteiger partial charge in [-0.2, -0.15) is 0 Å². The smallest absolute Gasteiger partial charge is 0.270 e. The van der Waals surface area contributed by atoms with Crippen LogP contribution in [0.2, 0.25) is 0 Å². The molecule has 2 aliphatic rings. The SMILES string of the molecule is Cc1ccc(N2C(=O)C3(c4ccccc4)SC2(c2ccccc2)ON3c2ccccc2)cc1. The Labute approximate surface area is 197 Å². The van der Waals surface area contributed by atoms with Gasteiger partial charge >= 0.3 is 0 Å². The zero-order valence-corrected chi connectivity index (χ0v) is 18.9. The van der Waals surface area contributed by atoms with Gasteiger partial charge in [-0.1, -0.05) is 108 Å². The lowest BCUT2D eigenvalue weighted by atomic mass is 10.0. The van der Waals surface area contributed by atoms with Crippen LogP contribution in [0.1, 0.15) is 16.7 Å². The molecule has 2 aliphatic heterocycles. The van der Waals surface area contributed by atoms with E-state index in [0.29, 0.717) is 0 Å². The van der Waals surface area contributed by atoms with E-state index < -0.39 is 9.93 Å². The van der Waals surface area contributed by atoms with Crippen molar-refractivity contribution in [1.29, 1.82) is 0 Å². The molecule has 0 N–H and O–H groups in total. The van der Waals surface area contributed by atoms with E-state index in [1.165, 1.54) is 11.8 Å². The molecule has 0 radical (unpaired) electrons. The van der Waals surface area contributed by atoms with Gasteiger partial charge in [-0.15, -0.1) is 0 Å². The monoisotopic (exact) mass is 450 g/mol. The first-order chi connectivity index (χ1) is 16.1. The summed E-state index contributed by atoms with van der Waals surface area (Å²) in [6, 6.07) is 37.8. The van der Waals surface area contributed by atoms with Gasteiger partial charge in [0.25, 0.3) is 11.0 Å². The number of carbonyl (C=O) groups excluding carboxylic acids is 1. The van der Waals surface area contributed by atoms with Crippen LogP contribution in [0.25, 0.3) is 0 Å². The van der Waals surface area contributed by atoms with E-state index in [1.54, 1.807) is 5.06 Å². The number of fused-ring (bicyclic) bond motifs is 2. The van der Waals surface area contributed by atoms with Crippen LogP contribution in [0.15, 0.2) is 115 Å². The maximum atomic E-state index is 14.5. The molecule has 1 amide bonds. The van der Waals surface area contributed by atoms with E-state index in [4.69, 9.17) is 4.84 Å². The number of hydrogen-bond acceptors (Lipinski definition) is 4. The van der Waals surface area contributed by atoms with Crippen molar-refractivity contribution < 1.29 is 9.63 Å². The van der Waals surface area contributed by atoms with Crippen LogP contribution >= 0.6 is 11.8 Å². The summed E-state index contributed by atoms with van der Waals surface area (Å²) in [6.45, 7) is 2.04. The standard InChI is InChI=1S/C28H22N2O2S/c1-21-17-19-24(20-18-21)29-26(31)27(22-11-5-2-6-12-22)30(25-15-9-4-10-16-25)32-28(29,33-27)23-13-7-3-8-14-23/h2-20H,1H3. The molecule has 0 aliphatic carbocycles. The Bertz CT molecular complexity index is 1300. The Balaban J connectivity index is 1.62. The van der Waals surface area contributed by atoms with Crippen LogP contribution in [0, 0.1) is 6.92 Å². The summed E-state index contributed by atoms with van der Waals surface area (Å²) in [5.41, 5.74) is 4.59. The Morgan fingerprint density at radius 2 is 1.21 bits per heavy atom. The van der Waals surface area contributed by atoms with E-state index in [1.807, 2.05) is 127 Å². The van der Waals surface area contributed by atoms with Gasteiger partial charge in [-0.25, -0.2) is 9.90 Å². The molecular formula is C28H22N2O2S. The number of hydrogen-bond donors (Lipinski definition) is 0. The number of nitrogens with zero attached hydrogens (tertiary/aromatic N) is 2. The van der Waals surface area contributed by atoms with Gasteiger partial charge in [0, 0.05) is 11.3 Å². The minimum atomic E-state index is -1.07. The second-order valence-electron chi connectivity index (χ2n) is 8.26. The molecule has 2 atom stereocenters. The van der Waals surface area contributed by atoms with Crippen LogP contribution < -0.4 is 9.96 Å². The van der Waals surface area contributed by atoms with Gasteiger partial charge in [0.2, 0.25) is 4.87 Å². The summed E-state index contributed by atoms with van der Waals surface area (Å²) < 4.78 is 0. The molecule has 33 heavy (non-hydrogen) atoms. The molecule has 5 heteroatoms. The van der Waals surface area contributed by atoms with E-state index in [2.05, 4.69) is 0 Å². The van der Waals surface area contributed by atoms with Crippen molar-refractivity contribution in [3.05, 3.63) is 132 Å². The fraction of sp³-hybridized carbons (Fsp3) is 0.107. The zero-order valence-electron chi connectivity index (χ0n) is 18.1. The minimum absolute atomic E-state index is 0.0264. The molecule has 0 aromatic heterocycles. The number of benzene rings is 4. The first-order valence-corrected chi connectivity index (χ1v) is 11.7. The first-order valence-electron chi connectivity index (χ1n) is 10.9. The molecule has 4 nitrogen and oxygen atoms in total. The summed E-state index contributed by atoms with van der Waals surface area (Å²) in [6.07, 6.45) is 0. The van der Waals surface area contributed by atoms with Crippen molar-refractivity contribution in [1.82, 2.24) is 0 Å². The summed E-state index contributed by atoms with van der Waals surface area (Å²) in [4.78, 5) is 22.1. The van der Waals surface area contributed by atoms with Crippen LogP contribution in [-0.4, -0.2) is 5.91 Å². The van der Waals surface area contributed by atoms with E-state index in [0.717, 1.165) is 28.1 Å². The largest absolute Gasteiger partial charge is 0.274 e. The van der Waals surface area contributed by atoms with Crippen molar-refractivity contribution in [2.24, 2.45) is 0 Å². The molecule has 6 rings (SSSR count). The van der Waals surface area contributed by atoms with Gasteiger partial charge in [-0.3, -0.25) is 9.69 Å². The highest BCUT2D eigenvalue weighted by Crippen LogP contribution is 2.68. The number of anilines is 2. The number of thioether (sulfide) groups is 1. The average molecular weight is 451 g/mol. The number of carbonyl (C=O) groups is 1. The van der Waals surface area contributed by atoms with Gasteiger partial charge in [0.1, 0.15) is 0 Å². The molecule has 4 aromatic carbocycles. The molecule has 0 spiro atoms. The van der Waals surface area contributed by atoms with Crippen molar-refractivity contribution >= 4 is 29.0 Å². The highest BCUT2D eigenvalue weighted by molar-refractivity contribution is 8.02. The molecule has 2 fully saturated rings.